The van der Waals surface area contributed by atoms with Gasteiger partial charge in [-0.1, -0.05) is 11.6 Å². The zero-order chi connectivity index (χ0) is 17.9. The number of benzene rings is 1. The number of halogens is 1. The third-order valence-corrected chi connectivity index (χ3v) is 4.40. The Morgan fingerprint density at radius 3 is 2.54 bits per heavy atom. The van der Waals surface area contributed by atoms with Crippen LogP contribution in [0, 0.1) is 0 Å². The Bertz CT molecular complexity index is 566. The van der Waals surface area contributed by atoms with E-state index in [-0.39, 0.29) is 25.5 Å². The van der Waals surface area contributed by atoms with E-state index in [4.69, 9.17) is 16.3 Å². The lowest BCUT2D eigenvalue weighted by Crippen LogP contribution is -2.39. The van der Waals surface area contributed by atoms with Gasteiger partial charge in [0.2, 0.25) is 5.91 Å². The molecular weight excluding hydrogens is 352 g/mol. The SMILES string of the molecule is CNC(=O)CN(C)C(=O)COC(=O)CCCSc1ccc(Cl)cc1. The molecule has 132 valence electrons. The first-order valence-electron chi connectivity index (χ1n) is 7.41. The number of amides is 2. The molecule has 0 heterocycles. The Labute approximate surface area is 150 Å². The first-order valence-corrected chi connectivity index (χ1v) is 8.77. The van der Waals surface area contributed by atoms with E-state index in [9.17, 15) is 14.4 Å². The molecule has 0 fully saturated rings. The van der Waals surface area contributed by atoms with Gasteiger partial charge in [-0.05, 0) is 36.4 Å². The molecule has 0 aliphatic carbocycles. The minimum Gasteiger partial charge on any atom is -0.456 e. The summed E-state index contributed by atoms with van der Waals surface area (Å²) in [5, 5.41) is 3.11. The lowest BCUT2D eigenvalue weighted by atomic mass is 10.3. The van der Waals surface area contributed by atoms with Crippen molar-refractivity contribution in [2.45, 2.75) is 17.7 Å². The second kappa shape index (κ2) is 10.9. The summed E-state index contributed by atoms with van der Waals surface area (Å²) in [5.41, 5.74) is 0. The molecule has 0 atom stereocenters. The van der Waals surface area contributed by atoms with E-state index in [0.717, 1.165) is 10.6 Å². The summed E-state index contributed by atoms with van der Waals surface area (Å²) in [6, 6.07) is 7.48. The van der Waals surface area contributed by atoms with E-state index in [1.165, 1.54) is 19.0 Å². The van der Waals surface area contributed by atoms with E-state index < -0.39 is 11.9 Å². The van der Waals surface area contributed by atoms with Gasteiger partial charge in [0, 0.05) is 30.4 Å². The highest BCUT2D eigenvalue weighted by atomic mass is 35.5. The zero-order valence-electron chi connectivity index (χ0n) is 13.7. The van der Waals surface area contributed by atoms with Gasteiger partial charge < -0.3 is 15.0 Å². The molecule has 1 aromatic carbocycles. The van der Waals surface area contributed by atoms with Crippen LogP contribution in [0.5, 0.6) is 0 Å². The maximum Gasteiger partial charge on any atom is 0.306 e. The van der Waals surface area contributed by atoms with E-state index in [1.807, 2.05) is 24.3 Å². The smallest absolute Gasteiger partial charge is 0.306 e. The number of carbonyl (C=O) groups excluding carboxylic acids is 3. The number of likely N-dealkylation sites (N-methyl/N-ethyl adjacent to an activating group) is 2. The standard InChI is InChI=1S/C16H21ClN2O4S/c1-18-14(20)10-19(2)15(21)11-23-16(22)4-3-9-24-13-7-5-12(17)6-8-13/h5-8H,3-4,9-11H2,1-2H3,(H,18,20). The average molecular weight is 373 g/mol. The van der Waals surface area contributed by atoms with Gasteiger partial charge in [-0.2, -0.15) is 0 Å². The van der Waals surface area contributed by atoms with Crippen molar-refractivity contribution >= 4 is 41.1 Å². The Morgan fingerprint density at radius 2 is 1.92 bits per heavy atom. The number of carbonyl (C=O) groups is 3. The summed E-state index contributed by atoms with van der Waals surface area (Å²) in [4.78, 5) is 36.7. The summed E-state index contributed by atoms with van der Waals surface area (Å²) < 4.78 is 4.92. The Kier molecular flexibility index (Phi) is 9.26. The van der Waals surface area contributed by atoms with Crippen LogP contribution in [-0.2, 0) is 19.1 Å². The average Bonchev–Trinajstić information content (AvgIpc) is 2.57. The molecular formula is C16H21ClN2O4S. The van der Waals surface area contributed by atoms with E-state index >= 15 is 0 Å². The number of thioether (sulfide) groups is 1. The molecule has 2 amide bonds. The second-order valence-electron chi connectivity index (χ2n) is 4.99. The molecule has 24 heavy (non-hydrogen) atoms. The summed E-state index contributed by atoms with van der Waals surface area (Å²) in [7, 11) is 2.97. The van der Waals surface area contributed by atoms with Gasteiger partial charge in [-0.25, -0.2) is 0 Å². The van der Waals surface area contributed by atoms with Crippen molar-refractivity contribution in [2.24, 2.45) is 0 Å². The molecule has 0 radical (unpaired) electrons. The monoisotopic (exact) mass is 372 g/mol. The summed E-state index contributed by atoms with van der Waals surface area (Å²) in [6.07, 6.45) is 0.890. The quantitative estimate of drug-likeness (QED) is 0.407. The molecule has 0 aliphatic heterocycles. The van der Waals surface area contributed by atoms with Gasteiger partial charge in [0.1, 0.15) is 0 Å². The van der Waals surface area contributed by atoms with Gasteiger partial charge in [-0.3, -0.25) is 14.4 Å². The number of nitrogens with zero attached hydrogens (tertiary/aromatic N) is 1. The zero-order valence-corrected chi connectivity index (χ0v) is 15.3. The number of esters is 1. The van der Waals surface area contributed by atoms with Crippen LogP contribution in [0.25, 0.3) is 0 Å². The number of hydrogen-bond donors (Lipinski definition) is 1. The third kappa shape index (κ3) is 8.21. The van der Waals surface area contributed by atoms with E-state index in [0.29, 0.717) is 11.4 Å². The Balaban J connectivity index is 2.16. The van der Waals surface area contributed by atoms with Gasteiger partial charge >= 0.3 is 5.97 Å². The topological polar surface area (TPSA) is 75.7 Å². The number of ether oxygens (including phenoxy) is 1. The van der Waals surface area contributed by atoms with Gasteiger partial charge in [0.25, 0.3) is 5.91 Å². The molecule has 1 N–H and O–H groups in total. The fourth-order valence-corrected chi connectivity index (χ4v) is 2.62. The number of hydrogen-bond acceptors (Lipinski definition) is 5. The molecule has 0 saturated heterocycles. The highest BCUT2D eigenvalue weighted by molar-refractivity contribution is 7.99. The van der Waals surface area contributed by atoms with Gasteiger partial charge in [0.15, 0.2) is 6.61 Å². The highest BCUT2D eigenvalue weighted by Gasteiger charge is 2.14. The largest absolute Gasteiger partial charge is 0.456 e. The van der Waals surface area contributed by atoms with Crippen LogP contribution >= 0.6 is 23.4 Å². The third-order valence-electron chi connectivity index (χ3n) is 3.05. The maximum absolute atomic E-state index is 11.7. The van der Waals surface area contributed by atoms with E-state index in [1.54, 1.807) is 11.8 Å². The fourth-order valence-electron chi connectivity index (χ4n) is 1.64. The summed E-state index contributed by atoms with van der Waals surface area (Å²) >= 11 is 7.43. The molecule has 0 aromatic heterocycles. The van der Waals surface area contributed by atoms with Crippen molar-refractivity contribution in [3.05, 3.63) is 29.3 Å². The first-order chi connectivity index (χ1) is 11.4. The van der Waals surface area contributed by atoms with E-state index in [2.05, 4.69) is 5.32 Å². The Morgan fingerprint density at radius 1 is 1.25 bits per heavy atom. The lowest BCUT2D eigenvalue weighted by molar-refractivity contribution is -0.151. The summed E-state index contributed by atoms with van der Waals surface area (Å²) in [5.74, 6) is -0.353. The minimum atomic E-state index is -0.423. The highest BCUT2D eigenvalue weighted by Crippen LogP contribution is 2.21. The minimum absolute atomic E-state index is 0.0649. The molecule has 1 rings (SSSR count). The Hall–Kier alpha value is -1.73. The molecule has 1 aromatic rings. The summed E-state index contributed by atoms with van der Waals surface area (Å²) in [6.45, 7) is -0.415. The van der Waals surface area contributed by atoms with Crippen LogP contribution < -0.4 is 5.32 Å². The predicted molar refractivity (Wildman–Crippen MR) is 94.1 cm³/mol. The number of rotatable bonds is 9. The van der Waals surface area contributed by atoms with Crippen molar-refractivity contribution < 1.29 is 19.1 Å². The first kappa shape index (κ1) is 20.3. The molecule has 0 spiro atoms. The van der Waals surface area contributed by atoms with Crippen LogP contribution in [0.3, 0.4) is 0 Å². The van der Waals surface area contributed by atoms with Crippen LogP contribution in [-0.4, -0.2) is 55.7 Å². The normalized spacial score (nSPS) is 10.1. The van der Waals surface area contributed by atoms with Crippen LogP contribution in [0.2, 0.25) is 5.02 Å². The molecule has 0 bridgehead atoms. The fraction of sp³-hybridized carbons (Fsp3) is 0.438. The van der Waals surface area contributed by atoms with Crippen molar-refractivity contribution in [2.75, 3.05) is 33.0 Å². The molecule has 0 aliphatic rings. The molecule has 0 unspecified atom stereocenters. The van der Waals surface area contributed by atoms with Crippen molar-refractivity contribution in [3.63, 3.8) is 0 Å². The van der Waals surface area contributed by atoms with Crippen LogP contribution in [0.15, 0.2) is 29.2 Å². The maximum atomic E-state index is 11.7. The van der Waals surface area contributed by atoms with Gasteiger partial charge in [-0.15, -0.1) is 11.8 Å². The number of nitrogens with one attached hydrogen (secondary N) is 1. The van der Waals surface area contributed by atoms with Crippen molar-refractivity contribution in [3.8, 4) is 0 Å². The predicted octanol–water partition coefficient (Wildman–Crippen LogP) is 1.96. The molecule has 0 saturated carbocycles. The molecule has 8 heteroatoms. The van der Waals surface area contributed by atoms with Crippen LogP contribution in [0.4, 0.5) is 0 Å². The van der Waals surface area contributed by atoms with Gasteiger partial charge in [0.05, 0.1) is 6.54 Å². The molecule has 6 nitrogen and oxygen atoms in total. The van der Waals surface area contributed by atoms with Crippen molar-refractivity contribution in [1.29, 1.82) is 0 Å². The second-order valence-corrected chi connectivity index (χ2v) is 6.59. The van der Waals surface area contributed by atoms with Crippen LogP contribution in [0.1, 0.15) is 12.8 Å². The van der Waals surface area contributed by atoms with Crippen molar-refractivity contribution in [1.82, 2.24) is 10.2 Å². The lowest BCUT2D eigenvalue weighted by Gasteiger charge is -2.15.